The first-order valence-electron chi connectivity index (χ1n) is 21.8. The molecule has 0 aliphatic rings. The molecule has 0 radical (unpaired) electrons. The molecule has 3 heterocycles. The highest BCUT2D eigenvalue weighted by Gasteiger charge is 2.25. The quantitative estimate of drug-likeness (QED) is 0.160. The Labute approximate surface area is 380 Å². The maximum Gasteiger partial charge on any atom is 0.160 e. The number of aromatic nitrogens is 4. The van der Waals surface area contributed by atoms with E-state index in [9.17, 15) is 10.5 Å². The Morgan fingerprint density at radius 3 is 1.27 bits per heavy atom. The summed E-state index contributed by atoms with van der Waals surface area (Å²) >= 11 is 0. The van der Waals surface area contributed by atoms with Crippen LogP contribution >= 0.6 is 0 Å². The van der Waals surface area contributed by atoms with Crippen LogP contribution < -0.4 is 0 Å². The summed E-state index contributed by atoms with van der Waals surface area (Å²) in [5, 5.41) is 24.5. The van der Waals surface area contributed by atoms with Gasteiger partial charge < -0.3 is 9.13 Å². The first-order chi connectivity index (χ1) is 32.6. The molecule has 0 N–H and O–H groups in total. The van der Waals surface area contributed by atoms with Crippen molar-refractivity contribution in [2.45, 2.75) is 0 Å². The molecule has 0 unspecified atom stereocenters. The highest BCUT2D eigenvalue weighted by molar-refractivity contribution is 6.19. The lowest BCUT2D eigenvalue weighted by Crippen LogP contribution is -2.03. The largest absolute Gasteiger partial charge is 0.309 e. The standard InChI is InChI=1S/C60H36N6/c61-37-39-24-28-41(29-25-39)49-32-45(60-63-53(43-14-4-1-5-15-43)35-54(64-60)44-16-6-2-7-17-44)33-50(42-30-26-40(38-62)27-31-42)59(49)66-56-23-13-11-21-48(56)52-34-51-47-20-10-12-22-55(47)65(57(51)36-58(52)66)46-18-8-3-9-19-46/h1-36H. The molecule has 6 heteroatoms. The summed E-state index contributed by atoms with van der Waals surface area (Å²) < 4.78 is 4.76. The Kier molecular flexibility index (Phi) is 9.16. The summed E-state index contributed by atoms with van der Waals surface area (Å²) in [4.78, 5) is 10.6. The molecule has 0 amide bonds. The van der Waals surface area contributed by atoms with Crippen molar-refractivity contribution in [1.29, 1.82) is 10.5 Å². The smallest absolute Gasteiger partial charge is 0.160 e. The summed E-state index contributed by atoms with van der Waals surface area (Å²) in [5.41, 5.74) is 15.6. The molecule has 0 aliphatic heterocycles. The molecule has 0 saturated heterocycles. The second-order valence-electron chi connectivity index (χ2n) is 16.4. The molecule has 66 heavy (non-hydrogen) atoms. The minimum atomic E-state index is 0.572. The number of hydrogen-bond acceptors (Lipinski definition) is 4. The molecular weight excluding hydrogens is 805 g/mol. The van der Waals surface area contributed by atoms with Gasteiger partial charge in [0.2, 0.25) is 0 Å². The summed E-state index contributed by atoms with van der Waals surface area (Å²) in [6, 6.07) is 79.6. The van der Waals surface area contributed by atoms with E-state index in [-0.39, 0.29) is 0 Å². The Hall–Kier alpha value is -9.36. The van der Waals surface area contributed by atoms with Gasteiger partial charge in [-0.1, -0.05) is 140 Å². The highest BCUT2D eigenvalue weighted by Crippen LogP contribution is 2.46. The van der Waals surface area contributed by atoms with Crippen LogP contribution in [0.2, 0.25) is 0 Å². The summed E-state index contributed by atoms with van der Waals surface area (Å²) in [6.07, 6.45) is 0. The van der Waals surface area contributed by atoms with Crippen molar-refractivity contribution >= 4 is 43.6 Å². The molecule has 12 aromatic rings. The number of nitrogens with zero attached hydrogens (tertiary/aromatic N) is 6. The predicted octanol–water partition coefficient (Wildman–Crippen LogP) is 14.7. The molecule has 9 aromatic carbocycles. The molecule has 12 rings (SSSR count). The first kappa shape index (κ1) is 38.3. The zero-order chi connectivity index (χ0) is 44.1. The minimum absolute atomic E-state index is 0.572. The fourth-order valence-corrected chi connectivity index (χ4v) is 9.51. The fourth-order valence-electron chi connectivity index (χ4n) is 9.51. The van der Waals surface area contributed by atoms with E-state index >= 15 is 0 Å². The van der Waals surface area contributed by atoms with E-state index in [2.05, 4.69) is 155 Å². The SMILES string of the molecule is N#Cc1ccc(-c2cc(-c3nc(-c4ccccc4)cc(-c4ccccc4)n3)cc(-c3ccc(C#N)cc3)c2-n2c3ccccc3c3cc4c5ccccc5n(-c5ccccc5)c4cc32)cc1. The maximum atomic E-state index is 9.96. The normalized spacial score (nSPS) is 11.3. The Morgan fingerprint density at radius 2 is 0.773 bits per heavy atom. The number of para-hydroxylation sites is 3. The topological polar surface area (TPSA) is 83.2 Å². The van der Waals surface area contributed by atoms with Crippen LogP contribution in [0.1, 0.15) is 11.1 Å². The van der Waals surface area contributed by atoms with Gasteiger partial charge in [0.1, 0.15) is 0 Å². The van der Waals surface area contributed by atoms with E-state index in [0.29, 0.717) is 17.0 Å². The van der Waals surface area contributed by atoms with Crippen molar-refractivity contribution in [3.8, 4) is 79.7 Å². The van der Waals surface area contributed by atoms with Gasteiger partial charge in [0, 0.05) is 55.0 Å². The molecule has 6 nitrogen and oxygen atoms in total. The van der Waals surface area contributed by atoms with Crippen molar-refractivity contribution in [2.24, 2.45) is 0 Å². The molecule has 0 atom stereocenters. The van der Waals surface area contributed by atoms with Crippen LogP contribution in [0.15, 0.2) is 218 Å². The Bertz CT molecular complexity index is 3770. The van der Waals surface area contributed by atoms with Crippen LogP contribution in [0.4, 0.5) is 0 Å². The maximum absolute atomic E-state index is 9.96. The van der Waals surface area contributed by atoms with Gasteiger partial charge in [0.25, 0.3) is 0 Å². The minimum Gasteiger partial charge on any atom is -0.309 e. The van der Waals surface area contributed by atoms with Gasteiger partial charge in [-0.25, -0.2) is 9.97 Å². The predicted molar refractivity (Wildman–Crippen MR) is 267 cm³/mol. The molecule has 0 aliphatic carbocycles. The lowest BCUT2D eigenvalue weighted by Gasteiger charge is -2.21. The van der Waals surface area contributed by atoms with Crippen molar-refractivity contribution in [3.05, 3.63) is 230 Å². The molecule has 3 aromatic heterocycles. The third-order valence-corrected chi connectivity index (χ3v) is 12.6. The van der Waals surface area contributed by atoms with Crippen LogP contribution in [0, 0.1) is 22.7 Å². The number of rotatable bonds is 7. The van der Waals surface area contributed by atoms with Crippen molar-refractivity contribution in [3.63, 3.8) is 0 Å². The second-order valence-corrected chi connectivity index (χ2v) is 16.4. The van der Waals surface area contributed by atoms with Gasteiger partial charge in [0.15, 0.2) is 5.82 Å². The monoisotopic (exact) mass is 840 g/mol. The molecule has 306 valence electrons. The Balaban J connectivity index is 1.23. The van der Waals surface area contributed by atoms with Crippen LogP contribution in [0.5, 0.6) is 0 Å². The second kappa shape index (κ2) is 15.8. The lowest BCUT2D eigenvalue weighted by atomic mass is 9.91. The average molecular weight is 841 g/mol. The molecule has 0 fully saturated rings. The fraction of sp³-hybridized carbons (Fsp3) is 0. The van der Waals surface area contributed by atoms with Gasteiger partial charge in [-0.3, -0.25) is 0 Å². The summed E-state index contributed by atoms with van der Waals surface area (Å²) in [7, 11) is 0. The molecular formula is C60H36N6. The van der Waals surface area contributed by atoms with Gasteiger partial charge in [-0.05, 0) is 90.0 Å². The third-order valence-electron chi connectivity index (χ3n) is 12.6. The molecule has 0 saturated carbocycles. The zero-order valence-corrected chi connectivity index (χ0v) is 35.5. The molecule has 0 bridgehead atoms. The first-order valence-corrected chi connectivity index (χ1v) is 21.8. The van der Waals surface area contributed by atoms with E-state index in [1.165, 1.54) is 10.8 Å². The van der Waals surface area contributed by atoms with Gasteiger partial charge in [0.05, 0.1) is 62.4 Å². The van der Waals surface area contributed by atoms with Crippen molar-refractivity contribution in [2.75, 3.05) is 0 Å². The van der Waals surface area contributed by atoms with Crippen LogP contribution in [0.3, 0.4) is 0 Å². The van der Waals surface area contributed by atoms with Crippen molar-refractivity contribution in [1.82, 2.24) is 19.1 Å². The summed E-state index contributed by atoms with van der Waals surface area (Å²) in [6.45, 7) is 0. The van der Waals surface area contributed by atoms with Gasteiger partial charge in [-0.2, -0.15) is 10.5 Å². The summed E-state index contributed by atoms with van der Waals surface area (Å²) in [5.74, 6) is 0.572. The van der Waals surface area contributed by atoms with Crippen molar-refractivity contribution < 1.29 is 0 Å². The van der Waals surface area contributed by atoms with Gasteiger partial charge in [-0.15, -0.1) is 0 Å². The van der Waals surface area contributed by atoms with E-state index in [4.69, 9.17) is 9.97 Å². The number of hydrogen-bond donors (Lipinski definition) is 0. The zero-order valence-electron chi connectivity index (χ0n) is 35.5. The number of fused-ring (bicyclic) bond motifs is 6. The lowest BCUT2D eigenvalue weighted by molar-refractivity contribution is 1.16. The van der Waals surface area contributed by atoms with Crippen LogP contribution in [-0.2, 0) is 0 Å². The van der Waals surface area contributed by atoms with E-state index in [1.54, 1.807) is 0 Å². The number of nitriles is 2. The highest BCUT2D eigenvalue weighted by atomic mass is 15.0. The molecule has 0 spiro atoms. The average Bonchev–Trinajstić information content (AvgIpc) is 3.90. The van der Waals surface area contributed by atoms with Crippen LogP contribution in [0.25, 0.3) is 111 Å². The van der Waals surface area contributed by atoms with E-state index in [1.807, 2.05) is 84.9 Å². The number of benzene rings is 9. The van der Waals surface area contributed by atoms with E-state index < -0.39 is 0 Å². The Morgan fingerprint density at radius 1 is 0.333 bits per heavy atom. The third kappa shape index (κ3) is 6.41. The van der Waals surface area contributed by atoms with Crippen LogP contribution in [-0.4, -0.2) is 19.1 Å². The van der Waals surface area contributed by atoms with E-state index in [0.717, 1.165) is 94.5 Å². The van der Waals surface area contributed by atoms with Gasteiger partial charge >= 0.3 is 0 Å².